The summed E-state index contributed by atoms with van der Waals surface area (Å²) in [7, 11) is 4.13. The first-order valence-electron chi connectivity index (χ1n) is 9.11. The van der Waals surface area contributed by atoms with Crippen molar-refractivity contribution in [3.8, 4) is 0 Å². The Kier molecular flexibility index (Phi) is 7.22. The van der Waals surface area contributed by atoms with E-state index in [9.17, 15) is 13.2 Å². The van der Waals surface area contributed by atoms with Gasteiger partial charge in [0.1, 0.15) is 0 Å². The van der Waals surface area contributed by atoms with Crippen molar-refractivity contribution in [1.82, 2.24) is 24.9 Å². The quantitative estimate of drug-likeness (QED) is 0.769. The van der Waals surface area contributed by atoms with E-state index in [4.69, 9.17) is 9.90 Å². The second-order valence-corrected chi connectivity index (χ2v) is 7.06. The van der Waals surface area contributed by atoms with Crippen molar-refractivity contribution in [2.45, 2.75) is 58.3 Å². The van der Waals surface area contributed by atoms with E-state index in [0.29, 0.717) is 0 Å². The Morgan fingerprint density at radius 3 is 2.50 bits per heavy atom. The first-order valence-corrected chi connectivity index (χ1v) is 9.11. The summed E-state index contributed by atoms with van der Waals surface area (Å²) in [6.07, 6.45) is 1.18. The SMILES string of the molecule is Cc1cc(CN(C)Cc2n[nH]c3c2CCCCC3)nn1C.O=C(O)C(F)(F)F. The molecule has 0 aromatic carbocycles. The molecule has 7 nitrogen and oxygen atoms in total. The summed E-state index contributed by atoms with van der Waals surface area (Å²) in [5.74, 6) is -2.76. The number of hydrogen-bond donors (Lipinski definition) is 2. The van der Waals surface area contributed by atoms with Crippen LogP contribution >= 0.6 is 0 Å². The third-order valence-electron chi connectivity index (χ3n) is 4.65. The maximum atomic E-state index is 10.6. The van der Waals surface area contributed by atoms with Gasteiger partial charge in [0, 0.05) is 31.5 Å². The second kappa shape index (κ2) is 9.22. The molecule has 2 aromatic heterocycles. The number of nitrogens with zero attached hydrogens (tertiary/aromatic N) is 4. The van der Waals surface area contributed by atoms with Crippen LogP contribution in [0.5, 0.6) is 0 Å². The van der Waals surface area contributed by atoms with Gasteiger partial charge in [-0.15, -0.1) is 0 Å². The number of halogens is 3. The van der Waals surface area contributed by atoms with Crippen molar-refractivity contribution in [3.63, 3.8) is 0 Å². The molecule has 2 aromatic rings. The summed E-state index contributed by atoms with van der Waals surface area (Å²) in [5, 5.41) is 19.5. The number of fused-ring (bicyclic) bond motifs is 1. The van der Waals surface area contributed by atoms with E-state index in [1.807, 2.05) is 11.7 Å². The highest BCUT2D eigenvalue weighted by molar-refractivity contribution is 5.73. The Labute approximate surface area is 161 Å². The lowest BCUT2D eigenvalue weighted by Gasteiger charge is -2.14. The molecule has 0 bridgehead atoms. The summed E-state index contributed by atoms with van der Waals surface area (Å²) in [4.78, 5) is 11.2. The smallest absolute Gasteiger partial charge is 0.475 e. The van der Waals surface area contributed by atoms with Gasteiger partial charge in [0.2, 0.25) is 0 Å². The van der Waals surface area contributed by atoms with Gasteiger partial charge in [0.25, 0.3) is 0 Å². The molecule has 0 fully saturated rings. The van der Waals surface area contributed by atoms with Gasteiger partial charge in [0.05, 0.1) is 11.4 Å². The van der Waals surface area contributed by atoms with Crippen LogP contribution in [0.1, 0.15) is 47.6 Å². The van der Waals surface area contributed by atoms with Crippen LogP contribution in [0.4, 0.5) is 13.2 Å². The van der Waals surface area contributed by atoms with Crippen LogP contribution in [0.15, 0.2) is 6.07 Å². The molecule has 1 aliphatic carbocycles. The summed E-state index contributed by atoms with van der Waals surface area (Å²) in [6, 6.07) is 2.15. The lowest BCUT2D eigenvalue weighted by molar-refractivity contribution is -0.192. The molecule has 0 atom stereocenters. The lowest BCUT2D eigenvalue weighted by Crippen LogP contribution is -2.21. The number of carbonyl (C=O) groups is 1. The summed E-state index contributed by atoms with van der Waals surface area (Å²) in [6.45, 7) is 3.84. The molecule has 2 heterocycles. The number of aromatic amines is 1. The van der Waals surface area contributed by atoms with Gasteiger partial charge in [0.15, 0.2) is 0 Å². The minimum absolute atomic E-state index is 0.864. The third-order valence-corrected chi connectivity index (χ3v) is 4.65. The first kappa shape index (κ1) is 21.9. The summed E-state index contributed by atoms with van der Waals surface area (Å²) >= 11 is 0. The number of rotatable bonds is 4. The standard InChI is InChI=1S/C16H25N5.C2HF3O2/c1-12-9-13(19-21(12)3)10-20(2)11-16-14-7-5-4-6-8-15(14)17-18-16;3-2(4,5)1(6)7/h9H,4-8,10-11H2,1-3H3,(H,17,18);(H,6,7). The van der Waals surface area contributed by atoms with E-state index in [1.165, 1.54) is 48.3 Å². The van der Waals surface area contributed by atoms with Gasteiger partial charge >= 0.3 is 12.1 Å². The van der Waals surface area contributed by atoms with E-state index in [1.54, 1.807) is 0 Å². The number of hydrogen-bond acceptors (Lipinski definition) is 4. The zero-order valence-corrected chi connectivity index (χ0v) is 16.3. The molecule has 28 heavy (non-hydrogen) atoms. The molecule has 0 radical (unpaired) electrons. The van der Waals surface area contributed by atoms with Gasteiger partial charge in [-0.1, -0.05) is 6.42 Å². The minimum atomic E-state index is -5.08. The zero-order valence-electron chi connectivity index (χ0n) is 16.3. The molecule has 0 unspecified atom stereocenters. The Bertz CT molecular complexity index is 778. The fourth-order valence-corrected chi connectivity index (χ4v) is 3.16. The van der Waals surface area contributed by atoms with Gasteiger partial charge in [-0.3, -0.25) is 14.7 Å². The van der Waals surface area contributed by atoms with Gasteiger partial charge in [-0.2, -0.15) is 23.4 Å². The molecule has 1 aliphatic rings. The molecule has 2 N–H and O–H groups in total. The largest absolute Gasteiger partial charge is 0.490 e. The van der Waals surface area contributed by atoms with Crippen LogP contribution in [0, 0.1) is 6.92 Å². The number of nitrogens with one attached hydrogen (secondary N) is 1. The summed E-state index contributed by atoms with van der Waals surface area (Å²) < 4.78 is 33.7. The minimum Gasteiger partial charge on any atom is -0.475 e. The molecular weight excluding hydrogens is 375 g/mol. The third kappa shape index (κ3) is 6.08. The van der Waals surface area contributed by atoms with Gasteiger partial charge in [-0.25, -0.2) is 4.79 Å². The zero-order chi connectivity index (χ0) is 20.9. The lowest BCUT2D eigenvalue weighted by atomic mass is 10.1. The number of aliphatic carboxylic acids is 1. The number of carboxylic acid groups (broad SMARTS) is 1. The molecule has 0 saturated heterocycles. The van der Waals surface area contributed by atoms with Gasteiger partial charge < -0.3 is 5.11 Å². The second-order valence-electron chi connectivity index (χ2n) is 7.06. The fourth-order valence-electron chi connectivity index (χ4n) is 3.16. The fraction of sp³-hybridized carbons (Fsp3) is 0.611. The Hall–Kier alpha value is -2.36. The van der Waals surface area contributed by atoms with E-state index >= 15 is 0 Å². The molecule has 3 rings (SSSR count). The van der Waals surface area contributed by atoms with E-state index in [-0.39, 0.29) is 0 Å². The van der Waals surface area contributed by atoms with Crippen molar-refractivity contribution in [1.29, 1.82) is 0 Å². The van der Waals surface area contributed by atoms with Crippen molar-refractivity contribution in [2.75, 3.05) is 7.05 Å². The van der Waals surface area contributed by atoms with E-state index < -0.39 is 12.1 Å². The van der Waals surface area contributed by atoms with Crippen LogP contribution in [0.25, 0.3) is 0 Å². The normalized spacial score (nSPS) is 14.2. The average molecular weight is 401 g/mol. The van der Waals surface area contributed by atoms with E-state index in [2.05, 4.69) is 40.2 Å². The average Bonchev–Trinajstić information content (AvgIpc) is 3.00. The van der Waals surface area contributed by atoms with Crippen LogP contribution in [-0.2, 0) is 37.8 Å². The Morgan fingerprint density at radius 2 is 1.93 bits per heavy atom. The molecule has 10 heteroatoms. The number of carboxylic acids is 1. The Morgan fingerprint density at radius 1 is 1.29 bits per heavy atom. The van der Waals surface area contributed by atoms with Crippen molar-refractivity contribution in [3.05, 3.63) is 34.4 Å². The van der Waals surface area contributed by atoms with Crippen LogP contribution in [0.3, 0.4) is 0 Å². The molecule has 0 aliphatic heterocycles. The molecule has 0 amide bonds. The van der Waals surface area contributed by atoms with E-state index in [0.717, 1.165) is 25.2 Å². The highest BCUT2D eigenvalue weighted by Crippen LogP contribution is 2.22. The monoisotopic (exact) mass is 401 g/mol. The maximum absolute atomic E-state index is 10.6. The van der Waals surface area contributed by atoms with Crippen molar-refractivity contribution < 1.29 is 23.1 Å². The van der Waals surface area contributed by atoms with Crippen LogP contribution in [0.2, 0.25) is 0 Å². The van der Waals surface area contributed by atoms with Gasteiger partial charge in [-0.05, 0) is 51.3 Å². The predicted molar refractivity (Wildman–Crippen MR) is 96.7 cm³/mol. The first-order chi connectivity index (χ1) is 13.1. The molecule has 156 valence electrons. The van der Waals surface area contributed by atoms with Crippen molar-refractivity contribution in [2.24, 2.45) is 7.05 Å². The topological polar surface area (TPSA) is 87.0 Å². The predicted octanol–water partition coefficient (Wildman–Crippen LogP) is 2.99. The summed E-state index contributed by atoms with van der Waals surface area (Å²) in [5.41, 5.74) is 6.38. The molecular formula is C18H26F3N5O2. The number of H-pyrrole nitrogens is 1. The highest BCUT2D eigenvalue weighted by atomic mass is 19.4. The molecule has 0 spiro atoms. The number of aromatic nitrogens is 4. The maximum Gasteiger partial charge on any atom is 0.490 e. The number of alkyl halides is 3. The highest BCUT2D eigenvalue weighted by Gasteiger charge is 2.38. The van der Waals surface area contributed by atoms with Crippen LogP contribution < -0.4 is 0 Å². The number of aryl methyl sites for hydroxylation is 3. The Balaban J connectivity index is 0.000000345. The van der Waals surface area contributed by atoms with Crippen LogP contribution in [-0.4, -0.2) is 49.2 Å². The van der Waals surface area contributed by atoms with Crippen molar-refractivity contribution >= 4 is 5.97 Å². The molecule has 0 saturated carbocycles.